The fourth-order valence-corrected chi connectivity index (χ4v) is 3.79. The van der Waals surface area contributed by atoms with E-state index < -0.39 is 22.6 Å². The number of hydrogen-bond acceptors (Lipinski definition) is 4. The Kier molecular flexibility index (Phi) is 5.74. The van der Waals surface area contributed by atoms with Gasteiger partial charge in [0.1, 0.15) is 17.2 Å². The monoisotopic (exact) mass is 374 g/mol. The minimum atomic E-state index is -1.65. The van der Waals surface area contributed by atoms with Gasteiger partial charge < -0.3 is 13.6 Å². The van der Waals surface area contributed by atoms with E-state index in [0.29, 0.717) is 11.3 Å². The van der Waals surface area contributed by atoms with Gasteiger partial charge in [-0.05, 0) is 87.8 Å². The molecule has 0 aliphatic heterocycles. The van der Waals surface area contributed by atoms with Crippen molar-refractivity contribution in [2.75, 3.05) is 0 Å². The molecule has 6 heteroatoms. The summed E-state index contributed by atoms with van der Waals surface area (Å²) in [5.74, 6) is 1.68. The van der Waals surface area contributed by atoms with Crippen molar-refractivity contribution < 1.29 is 18.4 Å². The molecule has 0 amide bonds. The number of carbonyl (C=O) groups excluding carboxylic acids is 1. The molecule has 0 atom stereocenters. The third-order valence-corrected chi connectivity index (χ3v) is 4.67. The molecule has 0 saturated carbocycles. The van der Waals surface area contributed by atoms with Crippen molar-refractivity contribution in [1.29, 1.82) is 0 Å². The smallest absolute Gasteiger partial charge is 0.343 e. The summed E-state index contributed by atoms with van der Waals surface area (Å²) in [5, 5.41) is 0. The second kappa shape index (κ2) is 7.45. The second-order valence-corrected chi connectivity index (χ2v) is 16.7. The molecule has 0 bridgehead atoms. The Hall–Kier alpha value is -2.06. The van der Waals surface area contributed by atoms with Crippen LogP contribution in [0, 0.1) is 0 Å². The average Bonchev–Trinajstić information content (AvgIpc) is 2.47. The summed E-state index contributed by atoms with van der Waals surface area (Å²) in [6, 6.07) is 14.2. The number of hydrogen-bond donors (Lipinski definition) is 0. The van der Waals surface area contributed by atoms with Gasteiger partial charge in [-0.25, -0.2) is 4.79 Å². The largest absolute Gasteiger partial charge is 0.544 e. The van der Waals surface area contributed by atoms with Gasteiger partial charge in [0.05, 0.1) is 5.56 Å². The van der Waals surface area contributed by atoms with E-state index in [4.69, 9.17) is 13.6 Å². The van der Waals surface area contributed by atoms with Crippen LogP contribution in [0.3, 0.4) is 0 Å². The van der Waals surface area contributed by atoms with Gasteiger partial charge in [-0.1, -0.05) is 0 Å². The van der Waals surface area contributed by atoms with Crippen LogP contribution in [0.5, 0.6) is 17.2 Å². The predicted octanol–water partition coefficient (Wildman–Crippen LogP) is 5.33. The van der Waals surface area contributed by atoms with E-state index in [0.717, 1.165) is 11.5 Å². The molecule has 0 aromatic heterocycles. The van der Waals surface area contributed by atoms with Gasteiger partial charge in [-0.3, -0.25) is 0 Å². The fourth-order valence-electron chi connectivity index (χ4n) is 2.11. The van der Waals surface area contributed by atoms with E-state index in [1.807, 2.05) is 12.1 Å². The number of esters is 1. The van der Waals surface area contributed by atoms with Crippen molar-refractivity contribution in [1.82, 2.24) is 0 Å². The van der Waals surface area contributed by atoms with Crippen molar-refractivity contribution >= 4 is 22.6 Å². The van der Waals surface area contributed by atoms with E-state index in [-0.39, 0.29) is 0 Å². The van der Waals surface area contributed by atoms with Gasteiger partial charge in [-0.2, -0.15) is 0 Å². The Morgan fingerprint density at radius 2 is 1.00 bits per heavy atom. The molecule has 0 fully saturated rings. The summed E-state index contributed by atoms with van der Waals surface area (Å²) in [5.41, 5.74) is 0.491. The molecule has 25 heavy (non-hydrogen) atoms. The molecule has 0 N–H and O–H groups in total. The highest BCUT2D eigenvalue weighted by Crippen LogP contribution is 2.22. The van der Waals surface area contributed by atoms with Crippen LogP contribution in [-0.4, -0.2) is 22.6 Å². The number of carbonyl (C=O) groups is 1. The van der Waals surface area contributed by atoms with Crippen molar-refractivity contribution in [3.05, 3.63) is 54.1 Å². The minimum absolute atomic E-state index is 0.390. The van der Waals surface area contributed by atoms with Crippen LogP contribution in [0.15, 0.2) is 48.5 Å². The zero-order valence-electron chi connectivity index (χ0n) is 15.8. The summed E-state index contributed by atoms with van der Waals surface area (Å²) < 4.78 is 17.2. The van der Waals surface area contributed by atoms with E-state index in [2.05, 4.69) is 39.3 Å². The molecule has 0 heterocycles. The quantitative estimate of drug-likeness (QED) is 0.389. The molecule has 2 rings (SSSR count). The molecule has 0 saturated heterocycles. The van der Waals surface area contributed by atoms with Crippen molar-refractivity contribution in [2.24, 2.45) is 0 Å². The Morgan fingerprint density at radius 1 is 0.640 bits per heavy atom. The lowest BCUT2D eigenvalue weighted by Gasteiger charge is -2.19. The van der Waals surface area contributed by atoms with Crippen molar-refractivity contribution in [3.8, 4) is 17.2 Å². The Bertz CT molecular complexity index is 711. The lowest BCUT2D eigenvalue weighted by molar-refractivity contribution is 0.0734. The molecule has 0 spiro atoms. The van der Waals surface area contributed by atoms with Gasteiger partial charge >= 0.3 is 5.97 Å². The van der Waals surface area contributed by atoms with Crippen LogP contribution >= 0.6 is 0 Å². The molecule has 0 aliphatic rings. The highest BCUT2D eigenvalue weighted by atomic mass is 28.4. The van der Waals surface area contributed by atoms with Crippen LogP contribution in [0.25, 0.3) is 0 Å². The maximum Gasteiger partial charge on any atom is 0.343 e. The van der Waals surface area contributed by atoms with Crippen LogP contribution in [0.2, 0.25) is 39.3 Å². The first kappa shape index (κ1) is 19.3. The standard InChI is InChI=1S/C19H26O4Si2/c1-24(2,3)22-17-9-7-15(8-10-17)19(20)21-16-11-13-18(14-12-16)23-25(4,5)6/h7-14H,1-6H3. The van der Waals surface area contributed by atoms with Gasteiger partial charge in [-0.15, -0.1) is 0 Å². The number of rotatable bonds is 6. The second-order valence-electron chi connectivity index (χ2n) is 7.81. The van der Waals surface area contributed by atoms with Crippen LogP contribution in [-0.2, 0) is 0 Å². The lowest BCUT2D eigenvalue weighted by Crippen LogP contribution is -2.29. The molecule has 0 aliphatic carbocycles. The zero-order valence-corrected chi connectivity index (χ0v) is 17.8. The van der Waals surface area contributed by atoms with E-state index >= 15 is 0 Å². The molecule has 2 aromatic carbocycles. The maximum atomic E-state index is 12.2. The van der Waals surface area contributed by atoms with E-state index in [1.54, 1.807) is 36.4 Å². The third-order valence-electron chi connectivity index (χ3n) is 2.97. The molecule has 134 valence electrons. The van der Waals surface area contributed by atoms with E-state index in [1.165, 1.54) is 0 Å². The normalized spacial score (nSPS) is 11.8. The third kappa shape index (κ3) is 6.76. The Morgan fingerprint density at radius 3 is 1.40 bits per heavy atom. The van der Waals surface area contributed by atoms with Gasteiger partial charge in [0.15, 0.2) is 0 Å². The fraction of sp³-hybridized carbons (Fsp3) is 0.316. The topological polar surface area (TPSA) is 44.8 Å². The molecule has 2 aromatic rings. The summed E-state index contributed by atoms with van der Waals surface area (Å²) in [7, 11) is -3.29. The molecule has 0 radical (unpaired) electrons. The van der Waals surface area contributed by atoms with Crippen LogP contribution < -0.4 is 13.6 Å². The highest BCUT2D eigenvalue weighted by Gasteiger charge is 2.17. The zero-order chi connectivity index (χ0) is 18.7. The summed E-state index contributed by atoms with van der Waals surface area (Å²) in [6.45, 7) is 12.7. The van der Waals surface area contributed by atoms with Gasteiger partial charge in [0, 0.05) is 0 Å². The SMILES string of the molecule is C[Si](C)(C)Oc1ccc(OC(=O)c2ccc(O[Si](C)(C)C)cc2)cc1. The van der Waals surface area contributed by atoms with Crippen molar-refractivity contribution in [2.45, 2.75) is 39.3 Å². The Balaban J connectivity index is 1.99. The number of ether oxygens (including phenoxy) is 1. The average molecular weight is 375 g/mol. The summed E-state index contributed by atoms with van der Waals surface area (Å²) in [4.78, 5) is 12.2. The van der Waals surface area contributed by atoms with Crippen LogP contribution in [0.1, 0.15) is 10.4 Å². The van der Waals surface area contributed by atoms with Gasteiger partial charge in [0.2, 0.25) is 16.6 Å². The molecular formula is C19H26O4Si2. The summed E-state index contributed by atoms with van der Waals surface area (Å²) >= 11 is 0. The van der Waals surface area contributed by atoms with Crippen LogP contribution in [0.4, 0.5) is 0 Å². The number of benzene rings is 2. The molecule has 0 unspecified atom stereocenters. The Labute approximate surface area is 152 Å². The van der Waals surface area contributed by atoms with Crippen molar-refractivity contribution in [3.63, 3.8) is 0 Å². The predicted molar refractivity (Wildman–Crippen MR) is 106 cm³/mol. The maximum absolute atomic E-state index is 12.2. The van der Waals surface area contributed by atoms with Gasteiger partial charge in [0.25, 0.3) is 0 Å². The first-order valence-corrected chi connectivity index (χ1v) is 15.1. The summed E-state index contributed by atoms with van der Waals surface area (Å²) in [6.07, 6.45) is 0. The highest BCUT2D eigenvalue weighted by molar-refractivity contribution is 6.70. The lowest BCUT2D eigenvalue weighted by atomic mass is 10.2. The first-order valence-electron chi connectivity index (χ1n) is 8.32. The molecular weight excluding hydrogens is 348 g/mol. The first-order chi connectivity index (χ1) is 11.5. The van der Waals surface area contributed by atoms with E-state index in [9.17, 15) is 4.79 Å². The minimum Gasteiger partial charge on any atom is -0.544 e. The molecule has 4 nitrogen and oxygen atoms in total.